The molecule has 0 unspecified atom stereocenters. The van der Waals surface area contributed by atoms with Gasteiger partial charge in [-0.15, -0.1) is 0 Å². The van der Waals surface area contributed by atoms with Crippen LogP contribution in [0.1, 0.15) is 26.3 Å². The van der Waals surface area contributed by atoms with Gasteiger partial charge in [-0.1, -0.05) is 36.0 Å². The van der Waals surface area contributed by atoms with E-state index in [2.05, 4.69) is 21.4 Å². The molecule has 1 fully saturated rings. The van der Waals surface area contributed by atoms with E-state index in [1.54, 1.807) is 42.5 Å². The lowest BCUT2D eigenvalue weighted by atomic mass is 10.1. The summed E-state index contributed by atoms with van der Waals surface area (Å²) < 4.78 is 0.802. The SMILES string of the molecule is O=C(O)c1ccc(C=C2SC(=S)N(NC(=O)c3ccccc3Br)C2=O)cc1. The second kappa shape index (κ2) is 8.03. The molecule has 2 amide bonds. The summed E-state index contributed by atoms with van der Waals surface area (Å²) in [7, 11) is 0. The third-order valence-corrected chi connectivity index (χ3v) is 5.57. The first-order chi connectivity index (χ1) is 12.9. The number of rotatable bonds is 4. The van der Waals surface area contributed by atoms with Crippen LogP contribution in [-0.2, 0) is 4.79 Å². The smallest absolute Gasteiger partial charge is 0.335 e. The molecule has 0 bridgehead atoms. The molecule has 3 rings (SSSR count). The molecule has 0 aliphatic carbocycles. The van der Waals surface area contributed by atoms with Crippen LogP contribution in [0.25, 0.3) is 6.08 Å². The standard InChI is InChI=1S/C18H11BrN2O4S2/c19-13-4-2-1-3-12(13)15(22)20-21-16(23)14(27-18(21)26)9-10-5-7-11(8-6-10)17(24)25/h1-9H,(H,20,22)(H,24,25). The molecule has 0 aromatic heterocycles. The maximum atomic E-state index is 12.6. The Bertz CT molecular complexity index is 989. The van der Waals surface area contributed by atoms with Crippen molar-refractivity contribution in [3.05, 3.63) is 74.6 Å². The quantitative estimate of drug-likeness (QED) is 0.532. The summed E-state index contributed by atoms with van der Waals surface area (Å²) in [4.78, 5) is 36.2. The van der Waals surface area contributed by atoms with Gasteiger partial charge in [0.25, 0.3) is 11.8 Å². The third kappa shape index (κ3) is 4.26. The normalized spacial score (nSPS) is 15.3. The lowest BCUT2D eigenvalue weighted by Crippen LogP contribution is -2.44. The number of amides is 2. The summed E-state index contributed by atoms with van der Waals surface area (Å²) in [6, 6.07) is 12.9. The van der Waals surface area contributed by atoms with Crippen molar-refractivity contribution >= 4 is 68.1 Å². The lowest BCUT2D eigenvalue weighted by Gasteiger charge is -2.16. The van der Waals surface area contributed by atoms with E-state index in [9.17, 15) is 14.4 Å². The zero-order valence-electron chi connectivity index (χ0n) is 13.5. The number of thiocarbonyl (C=S) groups is 1. The molecule has 27 heavy (non-hydrogen) atoms. The average Bonchev–Trinajstić information content (AvgIpc) is 2.90. The maximum absolute atomic E-state index is 12.6. The molecule has 2 aromatic rings. The van der Waals surface area contributed by atoms with Crippen LogP contribution in [0.4, 0.5) is 0 Å². The summed E-state index contributed by atoms with van der Waals surface area (Å²) in [5.41, 5.74) is 3.69. The minimum Gasteiger partial charge on any atom is -0.478 e. The number of carbonyl (C=O) groups excluding carboxylic acids is 2. The Labute approximate surface area is 172 Å². The van der Waals surface area contributed by atoms with Crippen molar-refractivity contribution < 1.29 is 19.5 Å². The fourth-order valence-corrected chi connectivity index (χ4v) is 3.89. The predicted octanol–water partition coefficient (Wildman–Crippen LogP) is 3.69. The van der Waals surface area contributed by atoms with Crippen LogP contribution in [0.2, 0.25) is 0 Å². The number of carbonyl (C=O) groups is 3. The molecule has 2 aromatic carbocycles. The van der Waals surface area contributed by atoms with Crippen molar-refractivity contribution in [3.63, 3.8) is 0 Å². The minimum absolute atomic E-state index is 0.153. The Morgan fingerprint density at radius 2 is 1.81 bits per heavy atom. The second-order valence-corrected chi connectivity index (χ2v) is 7.90. The van der Waals surface area contributed by atoms with Crippen LogP contribution in [0, 0.1) is 0 Å². The van der Waals surface area contributed by atoms with Gasteiger partial charge in [0.2, 0.25) is 0 Å². The molecule has 136 valence electrons. The van der Waals surface area contributed by atoms with Gasteiger partial charge in [0.05, 0.1) is 16.0 Å². The summed E-state index contributed by atoms with van der Waals surface area (Å²) >= 11 is 9.54. The van der Waals surface area contributed by atoms with Gasteiger partial charge in [-0.05, 0) is 64.1 Å². The largest absolute Gasteiger partial charge is 0.478 e. The number of hydrogen-bond donors (Lipinski definition) is 2. The van der Waals surface area contributed by atoms with Crippen molar-refractivity contribution in [2.75, 3.05) is 0 Å². The maximum Gasteiger partial charge on any atom is 0.335 e. The minimum atomic E-state index is -1.03. The van der Waals surface area contributed by atoms with Crippen LogP contribution in [0.15, 0.2) is 57.9 Å². The number of benzene rings is 2. The predicted molar refractivity (Wildman–Crippen MR) is 110 cm³/mol. The van der Waals surface area contributed by atoms with E-state index in [4.69, 9.17) is 17.3 Å². The van der Waals surface area contributed by atoms with Crippen LogP contribution < -0.4 is 5.43 Å². The van der Waals surface area contributed by atoms with E-state index >= 15 is 0 Å². The second-order valence-electron chi connectivity index (χ2n) is 5.37. The van der Waals surface area contributed by atoms with Crippen molar-refractivity contribution in [2.45, 2.75) is 0 Å². The molecule has 0 radical (unpaired) electrons. The number of carboxylic acid groups (broad SMARTS) is 1. The van der Waals surface area contributed by atoms with Gasteiger partial charge in [0.1, 0.15) is 0 Å². The lowest BCUT2D eigenvalue weighted by molar-refractivity contribution is -0.123. The molecule has 0 saturated carbocycles. The van der Waals surface area contributed by atoms with Gasteiger partial charge < -0.3 is 5.11 Å². The van der Waals surface area contributed by atoms with Crippen LogP contribution in [0.3, 0.4) is 0 Å². The van der Waals surface area contributed by atoms with Gasteiger partial charge in [-0.25, -0.2) is 4.79 Å². The van der Waals surface area contributed by atoms with Gasteiger partial charge in [-0.2, -0.15) is 5.01 Å². The van der Waals surface area contributed by atoms with E-state index in [1.807, 2.05) is 0 Å². The van der Waals surface area contributed by atoms with E-state index in [1.165, 1.54) is 12.1 Å². The monoisotopic (exact) mass is 462 g/mol. The third-order valence-electron chi connectivity index (χ3n) is 3.58. The molecule has 6 nitrogen and oxygen atoms in total. The molecule has 1 heterocycles. The van der Waals surface area contributed by atoms with Crippen molar-refractivity contribution in [1.82, 2.24) is 10.4 Å². The van der Waals surface area contributed by atoms with Crippen molar-refractivity contribution in [1.29, 1.82) is 0 Å². The van der Waals surface area contributed by atoms with E-state index in [-0.39, 0.29) is 9.88 Å². The number of halogens is 1. The molecule has 0 spiro atoms. The zero-order valence-corrected chi connectivity index (χ0v) is 16.7. The van der Waals surface area contributed by atoms with Gasteiger partial charge in [0.15, 0.2) is 4.32 Å². The number of hydrogen-bond acceptors (Lipinski definition) is 5. The molecule has 0 atom stereocenters. The molecular formula is C18H11BrN2O4S2. The van der Waals surface area contributed by atoms with Crippen LogP contribution >= 0.6 is 39.9 Å². The molecule has 1 saturated heterocycles. The molecule has 9 heteroatoms. The average molecular weight is 463 g/mol. The first kappa shape index (κ1) is 19.3. The number of nitrogens with one attached hydrogen (secondary N) is 1. The summed E-state index contributed by atoms with van der Waals surface area (Å²) in [5.74, 6) is -1.94. The Morgan fingerprint density at radius 3 is 2.44 bits per heavy atom. The number of carboxylic acids is 1. The zero-order chi connectivity index (χ0) is 19.6. The first-order valence-corrected chi connectivity index (χ1v) is 9.55. The molecule has 1 aliphatic rings. The Morgan fingerprint density at radius 1 is 1.15 bits per heavy atom. The van der Waals surface area contributed by atoms with Crippen LogP contribution in [-0.4, -0.2) is 32.2 Å². The number of hydrazine groups is 1. The number of aromatic carboxylic acids is 1. The highest BCUT2D eigenvalue weighted by molar-refractivity contribution is 9.10. The Balaban J connectivity index is 1.77. The van der Waals surface area contributed by atoms with Crippen molar-refractivity contribution in [3.8, 4) is 0 Å². The molecule has 1 aliphatic heterocycles. The highest BCUT2D eigenvalue weighted by Gasteiger charge is 2.34. The fourth-order valence-electron chi connectivity index (χ4n) is 2.24. The van der Waals surface area contributed by atoms with Gasteiger partial charge in [0, 0.05) is 4.47 Å². The number of nitrogens with zero attached hydrogens (tertiary/aromatic N) is 1. The topological polar surface area (TPSA) is 86.7 Å². The fraction of sp³-hybridized carbons (Fsp3) is 0. The Hall–Kier alpha value is -2.49. The Kier molecular flexibility index (Phi) is 5.73. The molecular weight excluding hydrogens is 452 g/mol. The number of thioether (sulfide) groups is 1. The summed E-state index contributed by atoms with van der Waals surface area (Å²) in [6.45, 7) is 0. The summed E-state index contributed by atoms with van der Waals surface area (Å²) in [5, 5.41) is 9.95. The van der Waals surface area contributed by atoms with Crippen molar-refractivity contribution in [2.24, 2.45) is 0 Å². The van der Waals surface area contributed by atoms with Gasteiger partial charge >= 0.3 is 5.97 Å². The molecule has 2 N–H and O–H groups in total. The van der Waals surface area contributed by atoms with Crippen LogP contribution in [0.5, 0.6) is 0 Å². The first-order valence-electron chi connectivity index (χ1n) is 7.53. The van der Waals surface area contributed by atoms with Gasteiger partial charge in [-0.3, -0.25) is 15.0 Å². The highest BCUT2D eigenvalue weighted by atomic mass is 79.9. The highest BCUT2D eigenvalue weighted by Crippen LogP contribution is 2.31. The van der Waals surface area contributed by atoms with E-state index < -0.39 is 17.8 Å². The van der Waals surface area contributed by atoms with E-state index in [0.29, 0.717) is 20.5 Å². The van der Waals surface area contributed by atoms with E-state index in [0.717, 1.165) is 16.8 Å². The summed E-state index contributed by atoms with van der Waals surface area (Å²) in [6.07, 6.45) is 1.59.